The lowest BCUT2D eigenvalue weighted by Crippen LogP contribution is -2.45. The zero-order valence-electron chi connectivity index (χ0n) is 23.7. The van der Waals surface area contributed by atoms with Gasteiger partial charge in [-0.25, -0.2) is 24.1 Å². The number of aromatic nitrogens is 5. The van der Waals surface area contributed by atoms with E-state index in [4.69, 9.17) is 30.8 Å². The molecule has 11 nitrogen and oxygen atoms in total. The molecule has 3 atom stereocenters. The number of carboxylic acid groups (broad SMARTS) is 1. The van der Waals surface area contributed by atoms with Gasteiger partial charge in [0, 0.05) is 37.7 Å². The van der Waals surface area contributed by atoms with Gasteiger partial charge in [0.1, 0.15) is 18.5 Å². The van der Waals surface area contributed by atoms with E-state index >= 15 is 0 Å². The number of imidazole rings is 1. The highest BCUT2D eigenvalue weighted by Crippen LogP contribution is 2.28. The number of fused-ring (bicyclic) bond motifs is 1. The Morgan fingerprint density at radius 1 is 1.21 bits per heavy atom. The summed E-state index contributed by atoms with van der Waals surface area (Å²) < 4.78 is 33.5. The number of halogens is 2. The summed E-state index contributed by atoms with van der Waals surface area (Å²) in [5, 5.41) is 9.72. The number of nitrogens with zero attached hydrogens (tertiary/aromatic N) is 6. The molecule has 0 radical (unpaired) electrons. The van der Waals surface area contributed by atoms with Crippen molar-refractivity contribution in [3.05, 3.63) is 70.8 Å². The second-order valence-corrected chi connectivity index (χ2v) is 11.2. The van der Waals surface area contributed by atoms with E-state index in [0.717, 1.165) is 61.8 Å². The van der Waals surface area contributed by atoms with Crippen LogP contribution >= 0.6 is 11.6 Å². The molecule has 1 N–H and O–H groups in total. The molecular weight excluding hydrogens is 579 g/mol. The minimum Gasteiger partial charge on any atom is -0.478 e. The summed E-state index contributed by atoms with van der Waals surface area (Å²) in [6.45, 7) is 4.92. The highest BCUT2D eigenvalue weighted by Gasteiger charge is 2.31. The fraction of sp³-hybridized carbons (Fsp3) is 0.433. The fourth-order valence-corrected chi connectivity index (χ4v) is 5.72. The van der Waals surface area contributed by atoms with Crippen LogP contribution in [0.15, 0.2) is 42.7 Å². The van der Waals surface area contributed by atoms with Crippen LogP contribution in [0.2, 0.25) is 5.02 Å². The van der Waals surface area contributed by atoms with Gasteiger partial charge in [-0.3, -0.25) is 4.90 Å². The van der Waals surface area contributed by atoms with Crippen molar-refractivity contribution in [2.75, 3.05) is 13.2 Å². The van der Waals surface area contributed by atoms with Gasteiger partial charge in [0.2, 0.25) is 5.88 Å². The second kappa shape index (κ2) is 12.8. The molecule has 0 aliphatic carbocycles. The monoisotopic (exact) mass is 610 g/mol. The highest BCUT2D eigenvalue weighted by atomic mass is 35.5. The first-order chi connectivity index (χ1) is 20.9. The van der Waals surface area contributed by atoms with E-state index in [9.17, 15) is 14.3 Å². The van der Waals surface area contributed by atoms with Crippen LogP contribution in [-0.2, 0) is 24.4 Å². The summed E-state index contributed by atoms with van der Waals surface area (Å²) in [7, 11) is 0. The van der Waals surface area contributed by atoms with Gasteiger partial charge in [-0.15, -0.1) is 0 Å². The van der Waals surface area contributed by atoms with Crippen LogP contribution < -0.4 is 9.47 Å². The van der Waals surface area contributed by atoms with Crippen molar-refractivity contribution in [2.24, 2.45) is 0 Å². The van der Waals surface area contributed by atoms with Gasteiger partial charge in [-0.2, -0.15) is 4.98 Å². The Bertz CT molecular complexity index is 1620. The molecule has 0 saturated carbocycles. The van der Waals surface area contributed by atoms with Gasteiger partial charge in [-0.05, 0) is 49.9 Å². The van der Waals surface area contributed by atoms with E-state index in [-0.39, 0.29) is 41.3 Å². The molecule has 3 unspecified atom stereocenters. The molecule has 2 aliphatic rings. The molecule has 6 rings (SSSR count). The number of likely N-dealkylation sites (tertiary alicyclic amines) is 1. The SMILES string of the molecule is CCC1CC(Oc2ccnc(COc3ncc(Cl)cc3F)n2)CCN1Cc1nc2ccc(C(=O)O)cc2n1CC1CCO1. The topological polar surface area (TPSA) is 125 Å². The van der Waals surface area contributed by atoms with E-state index in [1.807, 2.05) is 0 Å². The van der Waals surface area contributed by atoms with Crippen LogP contribution in [0, 0.1) is 5.82 Å². The fourth-order valence-electron chi connectivity index (χ4n) is 5.57. The number of hydrogen-bond acceptors (Lipinski definition) is 9. The average Bonchev–Trinajstić information content (AvgIpc) is 3.31. The highest BCUT2D eigenvalue weighted by molar-refractivity contribution is 6.30. The standard InChI is InChI=1S/C30H32ClFN6O5/c1-2-20-13-21(43-28-5-8-33-26(36-28)17-42-29-23(32)12-19(31)14-34-29)6-9-37(20)16-27-35-24-4-3-18(30(39)40)11-25(24)38(27)15-22-7-10-41-22/h3-5,8,11-12,14,20-22H,2,6-7,9-10,13,15-17H2,1H3,(H,39,40). The molecule has 4 aromatic rings. The summed E-state index contributed by atoms with van der Waals surface area (Å²) >= 11 is 5.75. The number of piperidine rings is 1. The molecular formula is C30H32ClFN6O5. The molecule has 3 aromatic heterocycles. The third-order valence-corrected chi connectivity index (χ3v) is 8.15. The van der Waals surface area contributed by atoms with Crippen LogP contribution in [-0.4, -0.2) is 71.9 Å². The number of carboxylic acids is 1. The first-order valence-corrected chi connectivity index (χ1v) is 14.7. The maximum absolute atomic E-state index is 14.0. The van der Waals surface area contributed by atoms with Gasteiger partial charge in [0.05, 0.1) is 40.8 Å². The zero-order chi connectivity index (χ0) is 29.9. The van der Waals surface area contributed by atoms with Crippen molar-refractivity contribution in [3.63, 3.8) is 0 Å². The van der Waals surface area contributed by atoms with Gasteiger partial charge in [-0.1, -0.05) is 18.5 Å². The number of ether oxygens (including phenoxy) is 3. The molecule has 0 amide bonds. The lowest BCUT2D eigenvalue weighted by molar-refractivity contribution is -0.0593. The Labute approximate surface area is 252 Å². The summed E-state index contributed by atoms with van der Waals surface area (Å²) in [5.74, 6) is -0.109. The molecule has 226 valence electrons. The smallest absolute Gasteiger partial charge is 0.335 e. The zero-order valence-corrected chi connectivity index (χ0v) is 24.4. The molecule has 13 heteroatoms. The summed E-state index contributed by atoms with van der Waals surface area (Å²) in [5.41, 5.74) is 1.84. The van der Waals surface area contributed by atoms with Crippen molar-refractivity contribution < 1.29 is 28.5 Å². The number of aromatic carboxylic acids is 1. The van der Waals surface area contributed by atoms with Crippen molar-refractivity contribution in [1.82, 2.24) is 29.4 Å². The minimum absolute atomic E-state index is 0.0411. The third-order valence-electron chi connectivity index (χ3n) is 7.94. The maximum Gasteiger partial charge on any atom is 0.335 e. The molecule has 0 bridgehead atoms. The van der Waals surface area contributed by atoms with Crippen LogP contribution in [0.25, 0.3) is 11.0 Å². The van der Waals surface area contributed by atoms with Gasteiger partial charge in [0.15, 0.2) is 11.6 Å². The molecule has 43 heavy (non-hydrogen) atoms. The van der Waals surface area contributed by atoms with E-state index < -0.39 is 11.8 Å². The van der Waals surface area contributed by atoms with E-state index in [2.05, 4.69) is 31.3 Å². The first kappa shape index (κ1) is 29.2. The number of hydrogen-bond donors (Lipinski definition) is 1. The van der Waals surface area contributed by atoms with Crippen molar-refractivity contribution in [1.29, 1.82) is 0 Å². The minimum atomic E-state index is -0.958. The van der Waals surface area contributed by atoms with Crippen molar-refractivity contribution in [2.45, 2.75) is 70.6 Å². The Morgan fingerprint density at radius 3 is 2.81 bits per heavy atom. The maximum atomic E-state index is 14.0. The van der Waals surface area contributed by atoms with Crippen molar-refractivity contribution >= 4 is 28.6 Å². The lowest BCUT2D eigenvalue weighted by Gasteiger charge is -2.39. The predicted octanol–water partition coefficient (Wildman–Crippen LogP) is 4.90. The number of rotatable bonds is 11. The Hall–Kier alpha value is -3.87. The van der Waals surface area contributed by atoms with Crippen LogP contribution in [0.5, 0.6) is 11.8 Å². The first-order valence-electron chi connectivity index (χ1n) is 14.4. The number of carbonyl (C=O) groups is 1. The molecule has 2 saturated heterocycles. The predicted molar refractivity (Wildman–Crippen MR) is 155 cm³/mol. The molecule has 2 fully saturated rings. The molecule has 5 heterocycles. The van der Waals surface area contributed by atoms with E-state index in [0.29, 0.717) is 24.8 Å². The quantitative estimate of drug-likeness (QED) is 0.251. The molecule has 0 spiro atoms. The lowest BCUT2D eigenvalue weighted by atomic mass is 9.97. The van der Waals surface area contributed by atoms with Crippen LogP contribution in [0.4, 0.5) is 4.39 Å². The van der Waals surface area contributed by atoms with E-state index in [1.54, 1.807) is 30.5 Å². The Kier molecular flexibility index (Phi) is 8.68. The van der Waals surface area contributed by atoms with Gasteiger partial charge >= 0.3 is 5.97 Å². The Morgan fingerprint density at radius 2 is 2.07 bits per heavy atom. The molecule has 2 aliphatic heterocycles. The van der Waals surface area contributed by atoms with Gasteiger partial charge in [0.25, 0.3) is 5.88 Å². The summed E-state index contributed by atoms with van der Waals surface area (Å²) in [6.07, 6.45) is 6.47. The molecule has 1 aromatic carbocycles. The average molecular weight is 611 g/mol. The van der Waals surface area contributed by atoms with Gasteiger partial charge < -0.3 is 23.9 Å². The van der Waals surface area contributed by atoms with Crippen LogP contribution in [0.1, 0.15) is 54.6 Å². The van der Waals surface area contributed by atoms with Crippen molar-refractivity contribution in [3.8, 4) is 11.8 Å². The normalized spacial score (nSPS) is 20.6. The third kappa shape index (κ3) is 6.71. The van der Waals surface area contributed by atoms with Crippen LogP contribution in [0.3, 0.4) is 0 Å². The summed E-state index contributed by atoms with van der Waals surface area (Å²) in [4.78, 5) is 31.5. The Balaban J connectivity index is 1.11. The summed E-state index contributed by atoms with van der Waals surface area (Å²) in [6, 6.07) is 8.17. The largest absolute Gasteiger partial charge is 0.478 e. The van der Waals surface area contributed by atoms with E-state index in [1.165, 1.54) is 6.20 Å². The number of pyridine rings is 1. The second-order valence-electron chi connectivity index (χ2n) is 10.8. The number of benzene rings is 1.